The number of piperidine rings is 1. The van der Waals surface area contributed by atoms with Gasteiger partial charge in [0, 0.05) is 22.7 Å². The fraction of sp³-hybridized carbons (Fsp3) is 0.350. The molecule has 0 spiro atoms. The van der Waals surface area contributed by atoms with Crippen molar-refractivity contribution in [1.82, 2.24) is 16.2 Å². The molecule has 2 aliphatic rings. The molecular weight excluding hydrogens is 481 g/mol. The summed E-state index contributed by atoms with van der Waals surface area (Å²) in [5.41, 5.74) is 15.3. The van der Waals surface area contributed by atoms with Crippen LogP contribution >= 0.6 is 11.6 Å². The van der Waals surface area contributed by atoms with Gasteiger partial charge in [-0.15, -0.1) is 0 Å². The van der Waals surface area contributed by atoms with E-state index in [-0.39, 0.29) is 32.6 Å². The Hall–Kier alpha value is -2.38. The highest BCUT2D eigenvalue weighted by atomic mass is 35.5. The van der Waals surface area contributed by atoms with Crippen molar-refractivity contribution >= 4 is 27.4 Å². The predicted molar refractivity (Wildman–Crippen MR) is 119 cm³/mol. The summed E-state index contributed by atoms with van der Waals surface area (Å²) in [4.78, 5) is 3.94. The Labute approximate surface area is 193 Å². The second-order valence-electron chi connectivity index (χ2n) is 7.93. The highest BCUT2D eigenvalue weighted by Crippen LogP contribution is 2.43. The van der Waals surface area contributed by atoms with E-state index >= 15 is 0 Å². The first-order valence-corrected chi connectivity index (χ1v) is 12.0. The number of rotatable bonds is 4. The van der Waals surface area contributed by atoms with E-state index in [0.29, 0.717) is 13.0 Å². The quantitative estimate of drug-likeness (QED) is 0.432. The van der Waals surface area contributed by atoms with Crippen molar-refractivity contribution in [3.05, 3.63) is 52.5 Å². The summed E-state index contributed by atoms with van der Waals surface area (Å²) in [5, 5.41) is 2.26. The van der Waals surface area contributed by atoms with Gasteiger partial charge in [-0.1, -0.05) is 23.7 Å². The Morgan fingerprint density at radius 2 is 1.88 bits per heavy atom. The molecule has 2 atom stereocenters. The summed E-state index contributed by atoms with van der Waals surface area (Å²) in [6.07, 6.45) is -3.51. The Kier molecular flexibility index (Phi) is 6.08. The standard InChI is InChI=1S/C20H22ClF3N6O2S/c21-16-9-12(20(26)28-18(25)29-30-20)8-15(19(22,23)24)17(16)11-3-5-13(6-4-11)33(31,32)14-2-1-7-27-10-14/h3-6,8-9,14,27,30H,1-2,7,10,26H2,(H3,25,28,29). The van der Waals surface area contributed by atoms with E-state index in [1.165, 1.54) is 30.3 Å². The molecule has 2 aromatic rings. The minimum atomic E-state index is -4.77. The van der Waals surface area contributed by atoms with Crippen LogP contribution in [0.2, 0.25) is 5.02 Å². The molecule has 2 aromatic carbocycles. The molecule has 0 radical (unpaired) electrons. The first kappa shape index (κ1) is 23.8. The lowest BCUT2D eigenvalue weighted by Crippen LogP contribution is -2.50. The van der Waals surface area contributed by atoms with Gasteiger partial charge in [-0.3, -0.25) is 11.2 Å². The van der Waals surface area contributed by atoms with Crippen molar-refractivity contribution < 1.29 is 21.6 Å². The molecule has 0 bridgehead atoms. The lowest BCUT2D eigenvalue weighted by molar-refractivity contribution is -0.137. The predicted octanol–water partition coefficient (Wildman–Crippen LogP) is 2.04. The van der Waals surface area contributed by atoms with E-state index in [1.807, 2.05) is 0 Å². The smallest absolute Gasteiger partial charge is 0.369 e. The molecule has 7 N–H and O–H groups in total. The zero-order valence-corrected chi connectivity index (χ0v) is 18.8. The molecule has 0 aromatic heterocycles. The van der Waals surface area contributed by atoms with Crippen LogP contribution < -0.4 is 27.6 Å². The molecule has 33 heavy (non-hydrogen) atoms. The van der Waals surface area contributed by atoms with Crippen molar-refractivity contribution in [3.63, 3.8) is 0 Å². The molecule has 8 nitrogen and oxygen atoms in total. The Bertz CT molecular complexity index is 1200. The summed E-state index contributed by atoms with van der Waals surface area (Å²) in [6.45, 7) is 1.10. The molecule has 1 saturated heterocycles. The van der Waals surface area contributed by atoms with Crippen molar-refractivity contribution in [2.75, 3.05) is 13.1 Å². The number of benzene rings is 2. The molecule has 2 unspecified atom stereocenters. The Morgan fingerprint density at radius 3 is 2.42 bits per heavy atom. The van der Waals surface area contributed by atoms with Gasteiger partial charge in [0.25, 0.3) is 0 Å². The fourth-order valence-corrected chi connectivity index (χ4v) is 6.02. The van der Waals surface area contributed by atoms with Gasteiger partial charge in [0.2, 0.25) is 11.7 Å². The maximum atomic E-state index is 14.0. The van der Waals surface area contributed by atoms with Crippen LogP contribution in [0.15, 0.2) is 46.3 Å². The number of nitrogens with zero attached hydrogens (tertiary/aromatic N) is 1. The van der Waals surface area contributed by atoms with Crippen LogP contribution in [-0.2, 0) is 21.8 Å². The minimum Gasteiger partial charge on any atom is -0.369 e. The second-order valence-corrected chi connectivity index (χ2v) is 10.6. The van der Waals surface area contributed by atoms with Crippen molar-refractivity contribution in [3.8, 4) is 11.1 Å². The van der Waals surface area contributed by atoms with Gasteiger partial charge in [-0.2, -0.15) is 18.6 Å². The number of guanidine groups is 1. The van der Waals surface area contributed by atoms with Crippen molar-refractivity contribution in [2.45, 2.75) is 35.0 Å². The molecule has 13 heteroatoms. The number of sulfone groups is 1. The second kappa shape index (κ2) is 8.44. The molecule has 178 valence electrons. The lowest BCUT2D eigenvalue weighted by atomic mass is 9.95. The molecular formula is C20H22ClF3N6O2S. The average molecular weight is 503 g/mol. The summed E-state index contributed by atoms with van der Waals surface area (Å²) in [5.74, 6) is -1.82. The zero-order chi connectivity index (χ0) is 24.0. The monoisotopic (exact) mass is 502 g/mol. The van der Waals surface area contributed by atoms with E-state index in [0.717, 1.165) is 19.0 Å². The summed E-state index contributed by atoms with van der Waals surface area (Å²) < 4.78 is 67.8. The molecule has 4 rings (SSSR count). The van der Waals surface area contributed by atoms with Crippen LogP contribution in [0.25, 0.3) is 11.1 Å². The fourth-order valence-electron chi connectivity index (χ4n) is 3.97. The third kappa shape index (κ3) is 4.53. The summed E-state index contributed by atoms with van der Waals surface area (Å²) >= 11 is 6.29. The van der Waals surface area contributed by atoms with Gasteiger partial charge in [-0.05, 0) is 49.2 Å². The number of nitrogens with two attached hydrogens (primary N) is 2. The van der Waals surface area contributed by atoms with E-state index in [9.17, 15) is 21.6 Å². The van der Waals surface area contributed by atoms with Crippen LogP contribution in [0.4, 0.5) is 13.2 Å². The largest absolute Gasteiger partial charge is 0.417 e. The topological polar surface area (TPSA) is 135 Å². The summed E-state index contributed by atoms with van der Waals surface area (Å²) in [6, 6.07) is 7.37. The van der Waals surface area contributed by atoms with Crippen LogP contribution in [-0.4, -0.2) is 32.7 Å². The Morgan fingerprint density at radius 1 is 1.18 bits per heavy atom. The van der Waals surface area contributed by atoms with Gasteiger partial charge < -0.3 is 11.1 Å². The van der Waals surface area contributed by atoms with E-state index in [2.05, 4.69) is 21.2 Å². The maximum absolute atomic E-state index is 14.0. The Balaban J connectivity index is 1.76. The maximum Gasteiger partial charge on any atom is 0.417 e. The number of hydrogen-bond donors (Lipinski definition) is 5. The van der Waals surface area contributed by atoms with Gasteiger partial charge in [-0.25, -0.2) is 13.4 Å². The van der Waals surface area contributed by atoms with Crippen LogP contribution in [0.1, 0.15) is 24.0 Å². The highest BCUT2D eigenvalue weighted by Gasteiger charge is 2.39. The van der Waals surface area contributed by atoms with Crippen molar-refractivity contribution in [2.24, 2.45) is 16.5 Å². The molecule has 0 amide bonds. The number of hydrazine groups is 1. The number of nitrogens with one attached hydrogen (secondary N) is 3. The number of halogens is 4. The first-order valence-electron chi connectivity index (χ1n) is 10.1. The minimum absolute atomic E-state index is 0.0493. The third-order valence-corrected chi connectivity index (χ3v) is 8.18. The average Bonchev–Trinajstić information content (AvgIpc) is 3.13. The van der Waals surface area contributed by atoms with Crippen LogP contribution in [0.3, 0.4) is 0 Å². The third-order valence-electron chi connectivity index (χ3n) is 5.68. The highest BCUT2D eigenvalue weighted by molar-refractivity contribution is 7.92. The van der Waals surface area contributed by atoms with Gasteiger partial charge in [0.15, 0.2) is 9.84 Å². The number of hydrogen-bond acceptors (Lipinski definition) is 8. The molecule has 0 aliphatic carbocycles. The number of aliphatic imine (C=N–C) groups is 1. The normalized spacial score (nSPS) is 23.8. The molecule has 2 heterocycles. The zero-order valence-electron chi connectivity index (χ0n) is 17.2. The number of alkyl halides is 3. The van der Waals surface area contributed by atoms with Gasteiger partial charge in [0.05, 0.1) is 15.7 Å². The summed E-state index contributed by atoms with van der Waals surface area (Å²) in [7, 11) is -3.62. The lowest BCUT2D eigenvalue weighted by Gasteiger charge is -2.24. The van der Waals surface area contributed by atoms with Crippen LogP contribution in [0, 0.1) is 0 Å². The van der Waals surface area contributed by atoms with E-state index in [1.54, 1.807) is 0 Å². The SMILES string of the molecule is NC1=NC(N)(c2cc(Cl)c(-c3ccc(S(=O)(=O)C4CCCNC4)cc3)c(C(F)(F)F)c2)NN1. The van der Waals surface area contributed by atoms with E-state index < -0.39 is 32.6 Å². The van der Waals surface area contributed by atoms with E-state index in [4.69, 9.17) is 23.1 Å². The van der Waals surface area contributed by atoms with Crippen molar-refractivity contribution in [1.29, 1.82) is 0 Å². The molecule has 1 fully saturated rings. The van der Waals surface area contributed by atoms with Gasteiger partial charge >= 0.3 is 6.18 Å². The first-order chi connectivity index (χ1) is 15.4. The molecule has 0 saturated carbocycles. The molecule has 2 aliphatic heterocycles. The van der Waals surface area contributed by atoms with Gasteiger partial charge in [0.1, 0.15) is 0 Å². The van der Waals surface area contributed by atoms with Crippen LogP contribution in [0.5, 0.6) is 0 Å².